The summed E-state index contributed by atoms with van der Waals surface area (Å²) in [5, 5.41) is 3.64. The first-order valence-electron chi connectivity index (χ1n) is 7.17. The molecule has 3 aromatic rings. The van der Waals surface area contributed by atoms with Crippen LogP contribution in [0.1, 0.15) is 12.5 Å². The second-order valence-corrected chi connectivity index (χ2v) is 5.59. The number of nitrogens with one attached hydrogen (secondary N) is 1. The first-order chi connectivity index (χ1) is 11.0. The Kier molecular flexibility index (Phi) is 4.13. The van der Waals surface area contributed by atoms with Gasteiger partial charge in [-0.05, 0) is 49.7 Å². The Morgan fingerprint density at radius 1 is 1.09 bits per heavy atom. The lowest BCUT2D eigenvalue weighted by Crippen LogP contribution is -2.05. The second kappa shape index (κ2) is 6.08. The Morgan fingerprint density at radius 2 is 1.78 bits per heavy atom. The number of fused-ring (bicyclic) bond motifs is 1. The van der Waals surface area contributed by atoms with Crippen LogP contribution in [0, 0.1) is 18.6 Å². The molecule has 3 nitrogen and oxygen atoms in total. The number of hydrogen-bond acceptors (Lipinski definition) is 3. The molecule has 118 valence electrons. The van der Waals surface area contributed by atoms with E-state index in [0.717, 1.165) is 5.56 Å². The van der Waals surface area contributed by atoms with E-state index in [1.165, 1.54) is 13.0 Å². The van der Waals surface area contributed by atoms with E-state index >= 15 is 0 Å². The van der Waals surface area contributed by atoms with E-state index in [1.54, 1.807) is 24.3 Å². The summed E-state index contributed by atoms with van der Waals surface area (Å²) in [5.74, 6) is -1.10. The third-order valence-electron chi connectivity index (χ3n) is 3.50. The fourth-order valence-electron chi connectivity index (χ4n) is 2.37. The molecular formula is C17H14ClF2N3. The van der Waals surface area contributed by atoms with Crippen LogP contribution in [0.5, 0.6) is 0 Å². The highest BCUT2D eigenvalue weighted by atomic mass is 35.5. The predicted octanol–water partition coefficient (Wildman–Crippen LogP) is 4.97. The van der Waals surface area contributed by atoms with Crippen molar-refractivity contribution in [1.29, 1.82) is 0 Å². The van der Waals surface area contributed by atoms with Crippen LogP contribution in [0.25, 0.3) is 22.3 Å². The SMILES string of the molecule is CCNc1nc(-c2ccc(Cl)cc2)nc2cc(C)c(F)c(F)c12. The Bertz CT molecular complexity index is 879. The first-order valence-corrected chi connectivity index (χ1v) is 7.55. The van der Waals surface area contributed by atoms with Crippen LogP contribution in [0.2, 0.25) is 5.02 Å². The number of benzene rings is 2. The number of halogens is 3. The molecule has 0 unspecified atom stereocenters. The Balaban J connectivity index is 2.29. The van der Waals surface area contributed by atoms with E-state index in [9.17, 15) is 8.78 Å². The summed E-state index contributed by atoms with van der Waals surface area (Å²) >= 11 is 5.89. The molecule has 0 fully saturated rings. The normalized spacial score (nSPS) is 11.0. The van der Waals surface area contributed by atoms with E-state index in [-0.39, 0.29) is 16.8 Å². The fourth-order valence-corrected chi connectivity index (χ4v) is 2.50. The minimum Gasteiger partial charge on any atom is -0.370 e. The largest absolute Gasteiger partial charge is 0.370 e. The summed E-state index contributed by atoms with van der Waals surface area (Å²) in [5.41, 5.74) is 1.31. The maximum Gasteiger partial charge on any atom is 0.172 e. The first kappa shape index (κ1) is 15.6. The molecule has 0 aliphatic carbocycles. The minimum absolute atomic E-state index is 0.0627. The molecule has 0 aliphatic heterocycles. The van der Waals surface area contributed by atoms with E-state index in [2.05, 4.69) is 15.3 Å². The van der Waals surface area contributed by atoms with Gasteiger partial charge in [0.05, 0.1) is 10.9 Å². The number of rotatable bonds is 3. The maximum absolute atomic E-state index is 14.3. The van der Waals surface area contributed by atoms with Crippen LogP contribution in [-0.2, 0) is 0 Å². The summed E-state index contributed by atoms with van der Waals surface area (Å²) in [6.07, 6.45) is 0. The molecule has 0 atom stereocenters. The number of aromatic nitrogens is 2. The van der Waals surface area contributed by atoms with Gasteiger partial charge in [0.25, 0.3) is 0 Å². The number of anilines is 1. The van der Waals surface area contributed by atoms with Gasteiger partial charge in [-0.2, -0.15) is 0 Å². The van der Waals surface area contributed by atoms with Crippen molar-refractivity contribution in [2.24, 2.45) is 0 Å². The molecule has 3 rings (SSSR count). The molecule has 1 aromatic heterocycles. The standard InChI is InChI=1S/C17H14ClF2N3/c1-3-21-17-13-12(8-9(2)14(19)15(13)20)22-16(23-17)10-4-6-11(18)7-5-10/h4-8H,3H2,1-2H3,(H,21,22,23). The molecule has 0 bridgehead atoms. The average molecular weight is 334 g/mol. The van der Waals surface area contributed by atoms with E-state index in [1.807, 2.05) is 6.92 Å². The van der Waals surface area contributed by atoms with Crippen LogP contribution < -0.4 is 5.32 Å². The van der Waals surface area contributed by atoms with E-state index < -0.39 is 11.6 Å². The van der Waals surface area contributed by atoms with Crippen molar-refractivity contribution >= 4 is 28.3 Å². The third kappa shape index (κ3) is 2.84. The quantitative estimate of drug-likeness (QED) is 0.735. The summed E-state index contributed by atoms with van der Waals surface area (Å²) in [6, 6.07) is 8.55. The van der Waals surface area contributed by atoms with Crippen molar-refractivity contribution in [1.82, 2.24) is 9.97 Å². The molecule has 1 N–H and O–H groups in total. The number of nitrogens with zero attached hydrogens (tertiary/aromatic N) is 2. The number of aryl methyl sites for hydroxylation is 1. The molecule has 1 heterocycles. The minimum atomic E-state index is -0.932. The molecule has 0 radical (unpaired) electrons. The van der Waals surface area contributed by atoms with Gasteiger partial charge in [0.2, 0.25) is 0 Å². The van der Waals surface area contributed by atoms with Crippen LogP contribution >= 0.6 is 11.6 Å². The van der Waals surface area contributed by atoms with Gasteiger partial charge in [-0.3, -0.25) is 0 Å². The van der Waals surface area contributed by atoms with E-state index in [0.29, 0.717) is 22.9 Å². The predicted molar refractivity (Wildman–Crippen MR) is 88.8 cm³/mol. The van der Waals surface area contributed by atoms with Crippen molar-refractivity contribution in [3.63, 3.8) is 0 Å². The van der Waals surface area contributed by atoms with Gasteiger partial charge in [-0.15, -0.1) is 0 Å². The van der Waals surface area contributed by atoms with Crippen molar-refractivity contribution in [2.75, 3.05) is 11.9 Å². The van der Waals surface area contributed by atoms with Crippen molar-refractivity contribution in [3.8, 4) is 11.4 Å². The lowest BCUT2D eigenvalue weighted by atomic mass is 10.1. The topological polar surface area (TPSA) is 37.8 Å². The monoisotopic (exact) mass is 333 g/mol. The van der Waals surface area contributed by atoms with Gasteiger partial charge in [-0.25, -0.2) is 18.7 Å². The average Bonchev–Trinajstić information content (AvgIpc) is 2.53. The van der Waals surface area contributed by atoms with Gasteiger partial charge < -0.3 is 5.32 Å². The Labute approximate surface area is 137 Å². The maximum atomic E-state index is 14.3. The molecule has 23 heavy (non-hydrogen) atoms. The molecule has 0 saturated heterocycles. The molecule has 0 spiro atoms. The highest BCUT2D eigenvalue weighted by Crippen LogP contribution is 2.30. The van der Waals surface area contributed by atoms with Crippen LogP contribution in [-0.4, -0.2) is 16.5 Å². The molecule has 0 saturated carbocycles. The summed E-state index contributed by atoms with van der Waals surface area (Å²) in [7, 11) is 0. The van der Waals surface area contributed by atoms with Gasteiger partial charge in [-0.1, -0.05) is 11.6 Å². The zero-order valence-electron chi connectivity index (χ0n) is 12.6. The highest BCUT2D eigenvalue weighted by Gasteiger charge is 2.18. The third-order valence-corrected chi connectivity index (χ3v) is 3.75. The molecular weight excluding hydrogens is 320 g/mol. The lowest BCUT2D eigenvalue weighted by Gasteiger charge is -2.12. The Hall–Kier alpha value is -2.27. The van der Waals surface area contributed by atoms with Crippen LogP contribution in [0.4, 0.5) is 14.6 Å². The van der Waals surface area contributed by atoms with Gasteiger partial charge in [0, 0.05) is 17.1 Å². The molecule has 6 heteroatoms. The van der Waals surface area contributed by atoms with Crippen molar-refractivity contribution < 1.29 is 8.78 Å². The smallest absolute Gasteiger partial charge is 0.172 e. The molecule has 0 aliphatic rings. The lowest BCUT2D eigenvalue weighted by molar-refractivity contribution is 0.511. The van der Waals surface area contributed by atoms with E-state index in [4.69, 9.17) is 11.6 Å². The van der Waals surface area contributed by atoms with Gasteiger partial charge in [0.15, 0.2) is 17.5 Å². The van der Waals surface area contributed by atoms with Crippen molar-refractivity contribution in [2.45, 2.75) is 13.8 Å². The zero-order chi connectivity index (χ0) is 16.6. The van der Waals surface area contributed by atoms with Gasteiger partial charge in [0.1, 0.15) is 5.82 Å². The van der Waals surface area contributed by atoms with Crippen LogP contribution in [0.3, 0.4) is 0 Å². The highest BCUT2D eigenvalue weighted by molar-refractivity contribution is 6.30. The van der Waals surface area contributed by atoms with Gasteiger partial charge >= 0.3 is 0 Å². The van der Waals surface area contributed by atoms with Crippen molar-refractivity contribution in [3.05, 3.63) is 52.6 Å². The Morgan fingerprint density at radius 3 is 2.43 bits per heavy atom. The molecule has 2 aromatic carbocycles. The zero-order valence-corrected chi connectivity index (χ0v) is 13.4. The number of hydrogen-bond donors (Lipinski definition) is 1. The fraction of sp³-hybridized carbons (Fsp3) is 0.176. The summed E-state index contributed by atoms with van der Waals surface area (Å²) in [4.78, 5) is 8.73. The second-order valence-electron chi connectivity index (χ2n) is 5.15. The molecule has 0 amide bonds. The summed E-state index contributed by atoms with van der Waals surface area (Å²) in [6.45, 7) is 3.90. The summed E-state index contributed by atoms with van der Waals surface area (Å²) < 4.78 is 28.2. The van der Waals surface area contributed by atoms with Crippen LogP contribution in [0.15, 0.2) is 30.3 Å².